The number of hydrogen-bond acceptors (Lipinski definition) is 9. The standard InChI is InChI=1S/C25H38N8O8S/c26-15(7-4-10-29-25(27)28)21(37)30-12-19(34)31-16(8-9-20(35)36)22(38)32-17(11-14-5-2-1-3-6-14)23(39)33-18(13-42)24(40)41/h1-3,5-6,15-18,42H,4,7-13,26H2,(H,30,37)(H,31,34)(H,32,38)(H,33,39)(H,35,36)(H,40,41)(H4,27,28,29)/t15-,16-,17-,18-/m0/s1. The second-order valence-electron chi connectivity index (χ2n) is 9.16. The van der Waals surface area contributed by atoms with Gasteiger partial charge >= 0.3 is 11.9 Å². The predicted octanol–water partition coefficient (Wildman–Crippen LogP) is -2.94. The van der Waals surface area contributed by atoms with E-state index >= 15 is 0 Å². The summed E-state index contributed by atoms with van der Waals surface area (Å²) < 4.78 is 0. The molecule has 4 atom stereocenters. The van der Waals surface area contributed by atoms with Gasteiger partial charge in [0, 0.05) is 25.1 Å². The van der Waals surface area contributed by atoms with Crippen molar-refractivity contribution < 1.29 is 39.0 Å². The second kappa shape index (κ2) is 18.9. The highest BCUT2D eigenvalue weighted by Crippen LogP contribution is 2.07. The zero-order valence-corrected chi connectivity index (χ0v) is 23.7. The highest BCUT2D eigenvalue weighted by Gasteiger charge is 2.30. The molecule has 0 saturated heterocycles. The van der Waals surface area contributed by atoms with E-state index in [4.69, 9.17) is 22.3 Å². The van der Waals surface area contributed by atoms with Gasteiger partial charge in [-0.3, -0.25) is 29.0 Å². The van der Waals surface area contributed by atoms with Crippen molar-refractivity contribution in [1.29, 1.82) is 0 Å². The van der Waals surface area contributed by atoms with Crippen molar-refractivity contribution in [2.75, 3.05) is 18.8 Å². The minimum Gasteiger partial charge on any atom is -0.481 e. The minimum absolute atomic E-state index is 0.0337. The molecule has 0 aliphatic heterocycles. The van der Waals surface area contributed by atoms with E-state index in [0.717, 1.165) is 0 Å². The first-order valence-corrected chi connectivity index (χ1v) is 13.5. The van der Waals surface area contributed by atoms with Crippen LogP contribution in [-0.2, 0) is 35.2 Å². The number of guanidine groups is 1. The Morgan fingerprint density at radius 1 is 0.857 bits per heavy atom. The largest absolute Gasteiger partial charge is 0.481 e. The number of aliphatic imine (C=N–C) groups is 1. The molecule has 17 heteroatoms. The van der Waals surface area contributed by atoms with Crippen LogP contribution in [0.2, 0.25) is 0 Å². The Hall–Kier alpha value is -4.38. The summed E-state index contributed by atoms with van der Waals surface area (Å²) in [5.74, 6) is -6.04. The van der Waals surface area contributed by atoms with Crippen LogP contribution in [0.3, 0.4) is 0 Å². The minimum atomic E-state index is -1.40. The fourth-order valence-corrected chi connectivity index (χ4v) is 3.77. The normalized spacial score (nSPS) is 13.4. The summed E-state index contributed by atoms with van der Waals surface area (Å²) in [6.45, 7) is -0.299. The Balaban J connectivity index is 2.92. The van der Waals surface area contributed by atoms with Gasteiger partial charge < -0.3 is 48.7 Å². The molecule has 0 unspecified atom stereocenters. The zero-order valence-electron chi connectivity index (χ0n) is 22.8. The van der Waals surface area contributed by atoms with Gasteiger partial charge in [0.05, 0.1) is 12.6 Å². The van der Waals surface area contributed by atoms with Crippen molar-refractivity contribution in [3.63, 3.8) is 0 Å². The molecule has 0 heterocycles. The fourth-order valence-electron chi connectivity index (χ4n) is 3.52. The molecule has 12 N–H and O–H groups in total. The van der Waals surface area contributed by atoms with Gasteiger partial charge in [-0.2, -0.15) is 12.6 Å². The number of rotatable bonds is 19. The van der Waals surface area contributed by atoms with Gasteiger partial charge in [-0.1, -0.05) is 30.3 Å². The number of carbonyl (C=O) groups excluding carboxylic acids is 4. The maximum absolute atomic E-state index is 13.2. The maximum Gasteiger partial charge on any atom is 0.327 e. The molecule has 1 aromatic carbocycles. The summed E-state index contributed by atoms with van der Waals surface area (Å²) in [4.78, 5) is 77.2. The van der Waals surface area contributed by atoms with Gasteiger partial charge in [0.1, 0.15) is 18.1 Å². The Labute approximate surface area is 247 Å². The molecule has 4 amide bonds. The summed E-state index contributed by atoms with van der Waals surface area (Å²) in [5, 5.41) is 27.9. The smallest absolute Gasteiger partial charge is 0.327 e. The molecule has 232 valence electrons. The lowest BCUT2D eigenvalue weighted by molar-refractivity contribution is -0.141. The molecule has 42 heavy (non-hydrogen) atoms. The van der Waals surface area contributed by atoms with Gasteiger partial charge in [0.15, 0.2) is 5.96 Å². The summed E-state index contributed by atoms with van der Waals surface area (Å²) in [6, 6.07) is 3.58. The third-order valence-corrected chi connectivity index (χ3v) is 6.10. The van der Waals surface area contributed by atoms with E-state index in [1.54, 1.807) is 30.3 Å². The third kappa shape index (κ3) is 14.3. The van der Waals surface area contributed by atoms with Crippen LogP contribution in [0.5, 0.6) is 0 Å². The van der Waals surface area contributed by atoms with Gasteiger partial charge in [-0.25, -0.2) is 4.79 Å². The Morgan fingerprint density at radius 3 is 2.05 bits per heavy atom. The summed E-state index contributed by atoms with van der Waals surface area (Å²) >= 11 is 3.92. The van der Waals surface area contributed by atoms with E-state index in [9.17, 15) is 33.9 Å². The van der Waals surface area contributed by atoms with Crippen LogP contribution in [0, 0.1) is 0 Å². The highest BCUT2D eigenvalue weighted by molar-refractivity contribution is 7.80. The van der Waals surface area contributed by atoms with Gasteiger partial charge in [-0.05, 0) is 24.8 Å². The summed E-state index contributed by atoms with van der Waals surface area (Å²) in [5.41, 5.74) is 16.9. The first-order chi connectivity index (χ1) is 19.8. The highest BCUT2D eigenvalue weighted by atomic mass is 32.1. The molecule has 1 aromatic rings. The van der Waals surface area contributed by atoms with E-state index in [1.807, 2.05) is 0 Å². The SMILES string of the molecule is NC(N)=NCCC[C@H](N)C(=O)NCC(=O)N[C@@H](CCC(=O)O)C(=O)N[C@@H](Cc1ccccc1)C(=O)N[C@@H](CS)C(=O)O. The molecule has 0 spiro atoms. The lowest BCUT2D eigenvalue weighted by Crippen LogP contribution is -2.57. The maximum atomic E-state index is 13.2. The average molecular weight is 611 g/mol. The zero-order chi connectivity index (χ0) is 31.7. The molecule has 0 aromatic heterocycles. The summed E-state index contributed by atoms with van der Waals surface area (Å²) in [6.07, 6.45) is -0.224. The Bertz CT molecular complexity index is 1120. The lowest BCUT2D eigenvalue weighted by Gasteiger charge is -2.24. The quantitative estimate of drug-likeness (QED) is 0.0327. The van der Waals surface area contributed by atoms with Crippen LogP contribution >= 0.6 is 12.6 Å². The molecule has 0 aliphatic carbocycles. The number of thiol groups is 1. The number of nitrogens with two attached hydrogens (primary N) is 3. The number of amides is 4. The molecule has 1 rings (SSSR count). The van der Waals surface area contributed by atoms with Crippen LogP contribution in [0.25, 0.3) is 0 Å². The molecular formula is C25H38N8O8S. The number of benzene rings is 1. The van der Waals surface area contributed by atoms with Crippen molar-refractivity contribution in [3.05, 3.63) is 35.9 Å². The van der Waals surface area contributed by atoms with Crippen molar-refractivity contribution >= 4 is 54.2 Å². The predicted molar refractivity (Wildman–Crippen MR) is 155 cm³/mol. The van der Waals surface area contributed by atoms with Crippen LogP contribution < -0.4 is 38.5 Å². The average Bonchev–Trinajstić information content (AvgIpc) is 2.94. The van der Waals surface area contributed by atoms with E-state index in [1.165, 1.54) is 0 Å². The molecule has 0 bridgehead atoms. The lowest BCUT2D eigenvalue weighted by atomic mass is 10.0. The molecule has 0 aliphatic rings. The van der Waals surface area contributed by atoms with Crippen LogP contribution in [0.1, 0.15) is 31.2 Å². The van der Waals surface area contributed by atoms with Crippen molar-refractivity contribution in [2.24, 2.45) is 22.2 Å². The Kier molecular flexibility index (Phi) is 16.0. The molecule has 0 fully saturated rings. The van der Waals surface area contributed by atoms with Crippen molar-refractivity contribution in [3.8, 4) is 0 Å². The molecule has 0 radical (unpaired) electrons. The Morgan fingerprint density at radius 2 is 1.48 bits per heavy atom. The number of nitrogens with one attached hydrogen (secondary N) is 4. The third-order valence-electron chi connectivity index (χ3n) is 5.74. The number of hydrogen-bond donors (Lipinski definition) is 10. The number of carboxylic acids is 2. The molecular weight excluding hydrogens is 572 g/mol. The van der Waals surface area contributed by atoms with Crippen molar-refractivity contribution in [2.45, 2.75) is 56.3 Å². The van der Waals surface area contributed by atoms with E-state index in [0.29, 0.717) is 12.0 Å². The van der Waals surface area contributed by atoms with Gasteiger partial charge in [0.25, 0.3) is 0 Å². The van der Waals surface area contributed by atoms with Gasteiger partial charge in [-0.15, -0.1) is 0 Å². The number of carboxylic acid groups (broad SMARTS) is 2. The topological polar surface area (TPSA) is 281 Å². The first-order valence-electron chi connectivity index (χ1n) is 12.9. The number of nitrogens with zero attached hydrogens (tertiary/aromatic N) is 1. The van der Waals surface area contributed by atoms with Crippen molar-refractivity contribution in [1.82, 2.24) is 21.3 Å². The fraction of sp³-hybridized carbons (Fsp3) is 0.480. The molecule has 0 saturated carbocycles. The summed E-state index contributed by atoms with van der Waals surface area (Å²) in [7, 11) is 0. The van der Waals surface area contributed by atoms with E-state index in [-0.39, 0.29) is 37.5 Å². The number of aliphatic carboxylic acids is 2. The van der Waals surface area contributed by atoms with E-state index < -0.39 is 72.7 Å². The van der Waals surface area contributed by atoms with E-state index in [2.05, 4.69) is 38.9 Å². The molecule has 16 nitrogen and oxygen atoms in total. The number of carbonyl (C=O) groups is 6. The second-order valence-corrected chi connectivity index (χ2v) is 9.52. The van der Waals surface area contributed by atoms with Crippen LogP contribution in [0.15, 0.2) is 35.3 Å². The van der Waals surface area contributed by atoms with Gasteiger partial charge in [0.2, 0.25) is 23.6 Å². The monoisotopic (exact) mass is 610 g/mol. The van der Waals surface area contributed by atoms with Crippen LogP contribution in [0.4, 0.5) is 0 Å². The first kappa shape index (κ1) is 35.6. The van der Waals surface area contributed by atoms with Crippen LogP contribution in [-0.4, -0.2) is 94.7 Å².